The topological polar surface area (TPSA) is 70.7 Å². The average molecular weight is 394 g/mol. The highest BCUT2D eigenvalue weighted by atomic mass is 19.1. The van der Waals surface area contributed by atoms with Gasteiger partial charge in [0.2, 0.25) is 5.91 Å². The summed E-state index contributed by atoms with van der Waals surface area (Å²) < 4.78 is 18.5. The van der Waals surface area contributed by atoms with Crippen molar-refractivity contribution in [2.24, 2.45) is 5.92 Å². The molecule has 28 heavy (non-hydrogen) atoms. The molecule has 1 heterocycles. The summed E-state index contributed by atoms with van der Waals surface area (Å²) in [4.78, 5) is 26.2. The molecular weight excluding hydrogens is 361 g/mol. The van der Waals surface area contributed by atoms with E-state index in [2.05, 4.69) is 15.5 Å². The van der Waals surface area contributed by atoms with Crippen molar-refractivity contribution in [3.8, 4) is 0 Å². The molecule has 0 radical (unpaired) electrons. The minimum absolute atomic E-state index is 0.0428. The van der Waals surface area contributed by atoms with E-state index >= 15 is 0 Å². The van der Waals surface area contributed by atoms with Crippen molar-refractivity contribution in [2.75, 3.05) is 26.2 Å². The van der Waals surface area contributed by atoms with Crippen LogP contribution in [0.3, 0.4) is 0 Å². The van der Waals surface area contributed by atoms with E-state index in [0.717, 1.165) is 24.9 Å². The second-order valence-corrected chi connectivity index (χ2v) is 8.28. The van der Waals surface area contributed by atoms with E-state index in [-0.39, 0.29) is 17.6 Å². The summed E-state index contributed by atoms with van der Waals surface area (Å²) in [5.41, 5.74) is 0.408. The lowest BCUT2D eigenvalue weighted by atomic mass is 9.96. The molecule has 0 bridgehead atoms. The number of nitrogens with one attached hydrogen (secondary N) is 2. The number of carbonyl (C=O) groups excluding carboxylic acids is 2. The molecule has 2 N–H and O–H groups in total. The van der Waals surface area contributed by atoms with E-state index in [4.69, 9.17) is 4.74 Å². The maximum absolute atomic E-state index is 13.3. The van der Waals surface area contributed by atoms with Gasteiger partial charge in [-0.2, -0.15) is 0 Å². The van der Waals surface area contributed by atoms with Gasteiger partial charge < -0.3 is 15.4 Å². The molecule has 1 aliphatic rings. The van der Waals surface area contributed by atoms with Crippen LogP contribution in [0, 0.1) is 11.7 Å². The third kappa shape index (κ3) is 8.25. The van der Waals surface area contributed by atoms with Crippen LogP contribution < -0.4 is 10.6 Å². The molecule has 2 amide bonds. The van der Waals surface area contributed by atoms with Gasteiger partial charge in [0.05, 0.1) is 5.92 Å². The van der Waals surface area contributed by atoms with Crippen molar-refractivity contribution in [3.63, 3.8) is 0 Å². The van der Waals surface area contributed by atoms with Gasteiger partial charge in [0.25, 0.3) is 0 Å². The number of carbonyl (C=O) groups is 2. The minimum Gasteiger partial charge on any atom is -0.444 e. The maximum Gasteiger partial charge on any atom is 0.407 e. The van der Waals surface area contributed by atoms with Crippen molar-refractivity contribution in [3.05, 3.63) is 35.6 Å². The number of likely N-dealkylation sites (tertiary alicyclic amines) is 1. The summed E-state index contributed by atoms with van der Waals surface area (Å²) in [6.45, 7) is 8.65. The monoisotopic (exact) mass is 393 g/mol. The lowest BCUT2D eigenvalue weighted by Gasteiger charge is -2.32. The highest BCUT2D eigenvalue weighted by Gasteiger charge is 2.25. The first kappa shape index (κ1) is 22.1. The predicted molar refractivity (Wildman–Crippen MR) is 106 cm³/mol. The lowest BCUT2D eigenvalue weighted by molar-refractivity contribution is -0.126. The van der Waals surface area contributed by atoms with Gasteiger partial charge in [-0.3, -0.25) is 9.69 Å². The van der Waals surface area contributed by atoms with Crippen LogP contribution >= 0.6 is 0 Å². The minimum atomic E-state index is -0.517. The number of alkyl carbamates (subject to hydrolysis) is 1. The number of hydrogen-bond donors (Lipinski definition) is 2. The first-order valence-corrected chi connectivity index (χ1v) is 9.94. The first-order valence-electron chi connectivity index (χ1n) is 9.94. The molecule has 0 spiro atoms. The molecule has 0 aromatic heterocycles. The summed E-state index contributed by atoms with van der Waals surface area (Å²) in [5, 5.41) is 5.63. The number of hydrogen-bond acceptors (Lipinski definition) is 4. The molecule has 1 fully saturated rings. The number of nitrogens with zero attached hydrogens (tertiary/aromatic N) is 1. The molecule has 1 aliphatic heterocycles. The largest absolute Gasteiger partial charge is 0.444 e. The van der Waals surface area contributed by atoms with Crippen LogP contribution in [-0.2, 0) is 16.1 Å². The van der Waals surface area contributed by atoms with Gasteiger partial charge in [-0.15, -0.1) is 0 Å². The van der Waals surface area contributed by atoms with Gasteiger partial charge in [-0.05, 0) is 64.3 Å². The standard InChI is InChI=1S/C21H32FN3O3/c1-21(2,3)28-20(27)24-11-6-10-23-19(26)17-8-5-12-25(15-17)14-16-7-4-9-18(22)13-16/h4,7,9,13,17H,5-6,8,10-12,14-15H2,1-3H3,(H,23,26)(H,24,27). The molecule has 156 valence electrons. The quantitative estimate of drug-likeness (QED) is 0.699. The van der Waals surface area contributed by atoms with E-state index in [1.54, 1.807) is 12.1 Å². The van der Waals surface area contributed by atoms with E-state index < -0.39 is 11.7 Å². The number of ether oxygens (including phenoxy) is 1. The Balaban J connectivity index is 1.66. The average Bonchev–Trinajstić information content (AvgIpc) is 2.60. The Bertz CT molecular complexity index is 661. The van der Waals surface area contributed by atoms with Crippen LogP contribution in [0.25, 0.3) is 0 Å². The van der Waals surface area contributed by atoms with Crippen LogP contribution in [0.1, 0.15) is 45.6 Å². The third-order valence-electron chi connectivity index (χ3n) is 4.49. The second-order valence-electron chi connectivity index (χ2n) is 8.28. The number of amides is 2. The summed E-state index contributed by atoms with van der Waals surface area (Å²) in [5.74, 6) is -0.244. The Morgan fingerprint density at radius 2 is 2.00 bits per heavy atom. The summed E-state index contributed by atoms with van der Waals surface area (Å²) in [7, 11) is 0. The molecule has 1 aromatic rings. The van der Waals surface area contributed by atoms with Crippen LogP contribution in [0.4, 0.5) is 9.18 Å². The highest BCUT2D eigenvalue weighted by molar-refractivity contribution is 5.78. The molecule has 0 saturated carbocycles. The van der Waals surface area contributed by atoms with Crippen molar-refractivity contribution in [2.45, 2.75) is 52.2 Å². The van der Waals surface area contributed by atoms with Crippen molar-refractivity contribution in [1.29, 1.82) is 0 Å². The third-order valence-corrected chi connectivity index (χ3v) is 4.49. The Morgan fingerprint density at radius 3 is 2.71 bits per heavy atom. The zero-order chi connectivity index (χ0) is 20.6. The molecule has 2 rings (SSSR count). The summed E-state index contributed by atoms with van der Waals surface area (Å²) in [6.07, 6.45) is 2.01. The molecule has 1 aromatic carbocycles. The van der Waals surface area contributed by atoms with Gasteiger partial charge in [-0.1, -0.05) is 12.1 Å². The van der Waals surface area contributed by atoms with Gasteiger partial charge in [0.15, 0.2) is 0 Å². The molecule has 0 aliphatic carbocycles. The first-order chi connectivity index (χ1) is 13.2. The van der Waals surface area contributed by atoms with Crippen LogP contribution in [0.2, 0.25) is 0 Å². The Hall–Kier alpha value is -2.15. The van der Waals surface area contributed by atoms with E-state index in [0.29, 0.717) is 32.6 Å². The Labute approximate surface area is 166 Å². The van der Waals surface area contributed by atoms with Crippen molar-refractivity contribution < 1.29 is 18.7 Å². The molecule has 1 atom stereocenters. The summed E-state index contributed by atoms with van der Waals surface area (Å²) >= 11 is 0. The van der Waals surface area contributed by atoms with Crippen LogP contribution in [0.5, 0.6) is 0 Å². The SMILES string of the molecule is CC(C)(C)OC(=O)NCCCNC(=O)C1CCCN(Cc2cccc(F)c2)C1. The Morgan fingerprint density at radius 1 is 1.25 bits per heavy atom. The molecular formula is C21H32FN3O3. The van der Waals surface area contributed by atoms with E-state index in [1.165, 1.54) is 6.07 Å². The zero-order valence-corrected chi connectivity index (χ0v) is 17.1. The number of halogens is 1. The van der Waals surface area contributed by atoms with E-state index in [9.17, 15) is 14.0 Å². The zero-order valence-electron chi connectivity index (χ0n) is 17.1. The van der Waals surface area contributed by atoms with Gasteiger partial charge >= 0.3 is 6.09 Å². The second kappa shape index (κ2) is 10.4. The smallest absolute Gasteiger partial charge is 0.407 e. The van der Waals surface area contributed by atoms with Gasteiger partial charge in [-0.25, -0.2) is 9.18 Å². The van der Waals surface area contributed by atoms with E-state index in [1.807, 2.05) is 26.8 Å². The molecule has 1 saturated heterocycles. The fourth-order valence-corrected chi connectivity index (χ4v) is 3.26. The highest BCUT2D eigenvalue weighted by Crippen LogP contribution is 2.19. The summed E-state index contributed by atoms with van der Waals surface area (Å²) in [6, 6.07) is 6.60. The number of benzene rings is 1. The normalized spacial score (nSPS) is 17.8. The van der Waals surface area contributed by atoms with Crippen molar-refractivity contribution >= 4 is 12.0 Å². The Kier molecular flexibility index (Phi) is 8.23. The van der Waals surface area contributed by atoms with Crippen LogP contribution in [0.15, 0.2) is 24.3 Å². The molecule has 6 nitrogen and oxygen atoms in total. The predicted octanol–water partition coefficient (Wildman–Crippen LogP) is 3.07. The van der Waals surface area contributed by atoms with Crippen molar-refractivity contribution in [1.82, 2.24) is 15.5 Å². The van der Waals surface area contributed by atoms with Gasteiger partial charge in [0.1, 0.15) is 11.4 Å². The van der Waals surface area contributed by atoms with Crippen LogP contribution in [-0.4, -0.2) is 48.7 Å². The lowest BCUT2D eigenvalue weighted by Crippen LogP contribution is -2.43. The molecule has 7 heteroatoms. The number of rotatable bonds is 7. The fraction of sp³-hybridized carbons (Fsp3) is 0.619. The number of piperidine rings is 1. The maximum atomic E-state index is 13.3. The van der Waals surface area contributed by atoms with Gasteiger partial charge in [0, 0.05) is 26.2 Å². The molecule has 1 unspecified atom stereocenters. The fourth-order valence-electron chi connectivity index (χ4n) is 3.26.